The van der Waals surface area contributed by atoms with E-state index in [4.69, 9.17) is 16.3 Å². The molecule has 2 N–H and O–H groups in total. The summed E-state index contributed by atoms with van der Waals surface area (Å²) in [6.07, 6.45) is -5.60. The first-order chi connectivity index (χ1) is 19.4. The number of halogens is 7. The van der Waals surface area contributed by atoms with Crippen molar-refractivity contribution < 1.29 is 45.4 Å². The van der Waals surface area contributed by atoms with Gasteiger partial charge in [0, 0.05) is 35.4 Å². The number of anilines is 1. The number of hydrogen-bond donors (Lipinski definition) is 2. The number of benzene rings is 1. The van der Waals surface area contributed by atoms with E-state index in [9.17, 15) is 35.9 Å². The van der Waals surface area contributed by atoms with Gasteiger partial charge in [0.05, 0.1) is 5.56 Å². The highest BCUT2D eigenvalue weighted by Gasteiger charge is 2.44. The Balaban J connectivity index is 1.38. The molecule has 3 heterocycles. The average Bonchev–Trinajstić information content (AvgIpc) is 3.14. The molecule has 42 heavy (non-hydrogen) atoms. The second-order valence-electron chi connectivity index (χ2n) is 10.8. The normalized spacial score (nSPS) is 21.5. The molecule has 0 radical (unpaired) electrons. The molecule has 0 saturated carbocycles. The van der Waals surface area contributed by atoms with Crippen LogP contribution < -0.4 is 25.0 Å². The number of alkyl halides is 6. The number of ether oxygens (including phenoxy) is 2. The Labute approximate surface area is 242 Å². The smallest absolute Gasteiger partial charge is 0.474 e. The number of piperidine rings is 1. The third kappa shape index (κ3) is 7.50. The number of rotatable bonds is 8. The molecule has 2 bridgehead atoms. The van der Waals surface area contributed by atoms with Gasteiger partial charge in [-0.15, -0.1) is 13.2 Å². The lowest BCUT2D eigenvalue weighted by molar-refractivity contribution is -0.275. The molecule has 2 amide bonds. The van der Waals surface area contributed by atoms with Gasteiger partial charge in [0.15, 0.2) is 17.1 Å². The SMILES string of the molecule is C[C@@H](NC(=O)c1ccc(N2C3CCC2CC(NC(=O)C(C)(C)Oc2ccc(Cl)cc2OC(F)(F)F)C3)nc1)C(F)(F)F. The lowest BCUT2D eigenvalue weighted by Crippen LogP contribution is -2.55. The molecule has 1 aromatic carbocycles. The molecule has 230 valence electrons. The highest BCUT2D eigenvalue weighted by Crippen LogP contribution is 2.40. The van der Waals surface area contributed by atoms with Crippen LogP contribution in [0.5, 0.6) is 11.5 Å². The number of pyridine rings is 1. The Morgan fingerprint density at radius 3 is 2.19 bits per heavy atom. The van der Waals surface area contributed by atoms with Gasteiger partial charge in [-0.25, -0.2) is 4.98 Å². The number of carbonyl (C=O) groups excluding carboxylic acids is 2. The summed E-state index contributed by atoms with van der Waals surface area (Å²) in [6.45, 7) is 3.70. The maximum atomic E-state index is 13.2. The number of amides is 2. The number of nitrogens with one attached hydrogen (secondary N) is 2. The summed E-state index contributed by atoms with van der Waals surface area (Å²) in [5, 5.41) is 4.84. The van der Waals surface area contributed by atoms with Gasteiger partial charge in [-0.1, -0.05) is 11.6 Å². The standard InChI is InChI=1S/C27H29ClF6N4O4/c1-14(26(29,30)31)36-23(39)15-4-9-22(35-13-15)38-18-6-7-19(38)12-17(11-18)37-24(40)25(2,3)41-20-8-5-16(28)10-21(20)42-27(32,33)34/h4-5,8-10,13-14,17-19H,6-7,11-12H2,1-3H3,(H,36,39)(H,37,40)/t14-,17?,18?,19?/m1/s1. The Hall–Kier alpha value is -3.42. The van der Waals surface area contributed by atoms with Gasteiger partial charge >= 0.3 is 12.5 Å². The van der Waals surface area contributed by atoms with Crippen molar-refractivity contribution in [1.82, 2.24) is 15.6 Å². The summed E-state index contributed by atoms with van der Waals surface area (Å²) in [6, 6.07) is 4.19. The molecular formula is C27H29ClF6N4O4. The Kier molecular flexibility index (Phi) is 8.77. The summed E-state index contributed by atoms with van der Waals surface area (Å²) in [5.74, 6) is -1.83. The molecule has 2 saturated heterocycles. The van der Waals surface area contributed by atoms with Gasteiger partial charge in [0.25, 0.3) is 11.8 Å². The molecule has 2 aliphatic heterocycles. The topological polar surface area (TPSA) is 92.8 Å². The third-order valence-corrected chi connectivity index (χ3v) is 7.46. The quantitative estimate of drug-likeness (QED) is 0.362. The second kappa shape index (κ2) is 11.7. The van der Waals surface area contributed by atoms with E-state index in [1.807, 2.05) is 5.32 Å². The van der Waals surface area contributed by atoms with Gasteiger partial charge in [-0.05, 0) is 70.7 Å². The van der Waals surface area contributed by atoms with Crippen LogP contribution in [0.4, 0.5) is 32.2 Å². The lowest BCUT2D eigenvalue weighted by Gasteiger charge is -2.40. The number of aromatic nitrogens is 1. The number of carbonyl (C=O) groups is 2. The fraction of sp³-hybridized carbons (Fsp3) is 0.519. The van der Waals surface area contributed by atoms with E-state index in [1.165, 1.54) is 38.2 Å². The average molecular weight is 623 g/mol. The Bertz CT molecular complexity index is 1290. The first-order valence-electron chi connectivity index (χ1n) is 13.1. The first-order valence-corrected chi connectivity index (χ1v) is 13.5. The van der Waals surface area contributed by atoms with Crippen molar-refractivity contribution in [2.75, 3.05) is 4.90 Å². The maximum absolute atomic E-state index is 13.2. The van der Waals surface area contributed by atoms with Crippen LogP contribution in [0.25, 0.3) is 0 Å². The van der Waals surface area contributed by atoms with E-state index in [-0.39, 0.29) is 34.5 Å². The summed E-state index contributed by atoms with van der Waals surface area (Å²) in [5.41, 5.74) is -1.56. The minimum atomic E-state index is -4.99. The molecular weight excluding hydrogens is 594 g/mol. The van der Waals surface area contributed by atoms with E-state index in [0.717, 1.165) is 25.8 Å². The van der Waals surface area contributed by atoms with E-state index in [0.29, 0.717) is 18.7 Å². The zero-order valence-electron chi connectivity index (χ0n) is 22.8. The molecule has 2 fully saturated rings. The van der Waals surface area contributed by atoms with Crippen molar-refractivity contribution in [2.45, 2.75) is 88.8 Å². The van der Waals surface area contributed by atoms with Crippen LogP contribution in [-0.4, -0.2) is 59.1 Å². The van der Waals surface area contributed by atoms with Crippen molar-refractivity contribution in [1.29, 1.82) is 0 Å². The largest absolute Gasteiger partial charge is 0.573 e. The van der Waals surface area contributed by atoms with Crippen LogP contribution in [0.1, 0.15) is 56.8 Å². The third-order valence-electron chi connectivity index (χ3n) is 7.22. The predicted molar refractivity (Wildman–Crippen MR) is 141 cm³/mol. The van der Waals surface area contributed by atoms with E-state index in [1.54, 1.807) is 6.07 Å². The van der Waals surface area contributed by atoms with Crippen molar-refractivity contribution in [3.8, 4) is 11.5 Å². The molecule has 2 unspecified atom stereocenters. The van der Waals surface area contributed by atoms with Crippen LogP contribution in [0.3, 0.4) is 0 Å². The summed E-state index contributed by atoms with van der Waals surface area (Å²) >= 11 is 5.81. The summed E-state index contributed by atoms with van der Waals surface area (Å²) in [4.78, 5) is 31.8. The van der Waals surface area contributed by atoms with Crippen LogP contribution in [0.2, 0.25) is 5.02 Å². The Morgan fingerprint density at radius 1 is 1.00 bits per heavy atom. The minimum absolute atomic E-state index is 0.00133. The van der Waals surface area contributed by atoms with Crippen molar-refractivity contribution in [3.05, 3.63) is 47.1 Å². The monoisotopic (exact) mass is 622 g/mol. The molecule has 1 aromatic heterocycles. The van der Waals surface area contributed by atoms with Gasteiger partial charge in [0.1, 0.15) is 11.9 Å². The first kappa shape index (κ1) is 31.5. The molecule has 3 atom stereocenters. The van der Waals surface area contributed by atoms with Gasteiger partial charge < -0.3 is 25.0 Å². The van der Waals surface area contributed by atoms with Crippen molar-refractivity contribution >= 4 is 29.2 Å². The van der Waals surface area contributed by atoms with Gasteiger partial charge in [-0.3, -0.25) is 9.59 Å². The van der Waals surface area contributed by atoms with Gasteiger partial charge in [0.2, 0.25) is 0 Å². The molecule has 0 aliphatic carbocycles. The van der Waals surface area contributed by atoms with Gasteiger partial charge in [-0.2, -0.15) is 13.2 Å². The highest BCUT2D eigenvalue weighted by atomic mass is 35.5. The molecule has 2 aliphatic rings. The summed E-state index contributed by atoms with van der Waals surface area (Å²) < 4.78 is 86.6. The van der Waals surface area contributed by atoms with Crippen molar-refractivity contribution in [3.63, 3.8) is 0 Å². The predicted octanol–water partition coefficient (Wildman–Crippen LogP) is 5.79. The fourth-order valence-electron chi connectivity index (χ4n) is 5.15. The van der Waals surface area contributed by atoms with Crippen LogP contribution in [0, 0.1) is 0 Å². The minimum Gasteiger partial charge on any atom is -0.474 e. The molecule has 15 heteroatoms. The number of nitrogens with zero attached hydrogens (tertiary/aromatic N) is 2. The highest BCUT2D eigenvalue weighted by molar-refractivity contribution is 6.30. The van der Waals surface area contributed by atoms with Crippen LogP contribution in [0.15, 0.2) is 36.5 Å². The molecule has 8 nitrogen and oxygen atoms in total. The van der Waals surface area contributed by atoms with Crippen LogP contribution >= 0.6 is 11.6 Å². The lowest BCUT2D eigenvalue weighted by atomic mass is 9.96. The molecule has 4 rings (SSSR count). The maximum Gasteiger partial charge on any atom is 0.573 e. The number of hydrogen-bond acceptors (Lipinski definition) is 6. The van der Waals surface area contributed by atoms with Crippen molar-refractivity contribution in [2.24, 2.45) is 0 Å². The Morgan fingerprint density at radius 2 is 1.64 bits per heavy atom. The van der Waals surface area contributed by atoms with E-state index in [2.05, 4.69) is 19.9 Å². The fourth-order valence-corrected chi connectivity index (χ4v) is 5.32. The zero-order valence-corrected chi connectivity index (χ0v) is 23.5. The van der Waals surface area contributed by atoms with Crippen LogP contribution in [-0.2, 0) is 4.79 Å². The molecule has 0 spiro atoms. The second-order valence-corrected chi connectivity index (χ2v) is 11.3. The molecule has 2 aromatic rings. The number of fused-ring (bicyclic) bond motifs is 2. The van der Waals surface area contributed by atoms with E-state index < -0.39 is 41.7 Å². The zero-order chi connectivity index (χ0) is 31.0. The van der Waals surface area contributed by atoms with E-state index >= 15 is 0 Å². The summed E-state index contributed by atoms with van der Waals surface area (Å²) in [7, 11) is 0.